The first kappa shape index (κ1) is 22.1. The maximum Gasteiger partial charge on any atom is 0.217 e. The Hall–Kier alpha value is -3.71. The molecule has 1 fully saturated rings. The number of hydrogen-bond acceptors (Lipinski definition) is 6. The molecule has 10 heteroatoms. The van der Waals surface area contributed by atoms with Crippen LogP contribution in [0.3, 0.4) is 0 Å². The minimum absolute atomic E-state index is 0.0166. The van der Waals surface area contributed by atoms with E-state index in [0.717, 1.165) is 41.7 Å². The summed E-state index contributed by atoms with van der Waals surface area (Å²) in [4.78, 5) is 16.3. The highest BCUT2D eigenvalue weighted by atomic mass is 32.2. The van der Waals surface area contributed by atoms with Crippen molar-refractivity contribution in [2.45, 2.75) is 54.6 Å². The van der Waals surface area contributed by atoms with Gasteiger partial charge in [0.05, 0.1) is 35.7 Å². The molecule has 0 unspecified atom stereocenters. The van der Waals surface area contributed by atoms with Crippen LogP contribution in [-0.4, -0.2) is 36.3 Å². The summed E-state index contributed by atoms with van der Waals surface area (Å²) >= 11 is 1.36. The molecule has 8 nitrogen and oxygen atoms in total. The first-order chi connectivity index (χ1) is 16.5. The van der Waals surface area contributed by atoms with Crippen LogP contribution in [0.1, 0.15) is 44.2 Å². The largest absolute Gasteiger partial charge is 0.354 e. The molecule has 5 rings (SSSR count). The molecule has 0 saturated heterocycles. The molecule has 0 atom stereocenters. The highest BCUT2D eigenvalue weighted by molar-refractivity contribution is 7.99. The second-order valence-electron chi connectivity index (χ2n) is 8.39. The number of amides is 1. The number of rotatable bonds is 5. The number of hydrogen-bond donors (Lipinski definition) is 1. The molecule has 0 spiro atoms. The van der Waals surface area contributed by atoms with Gasteiger partial charge in [0.1, 0.15) is 16.9 Å². The van der Waals surface area contributed by atoms with Crippen molar-refractivity contribution in [2.75, 3.05) is 0 Å². The van der Waals surface area contributed by atoms with Gasteiger partial charge in [-0.15, -0.1) is 0 Å². The number of nitriles is 1. The average Bonchev–Trinajstić information content (AvgIpc) is 3.48. The zero-order valence-electron chi connectivity index (χ0n) is 18.5. The van der Waals surface area contributed by atoms with Crippen LogP contribution >= 0.6 is 11.8 Å². The summed E-state index contributed by atoms with van der Waals surface area (Å²) in [7, 11) is 0. The second kappa shape index (κ2) is 9.27. The van der Waals surface area contributed by atoms with Gasteiger partial charge in [-0.25, -0.2) is 13.9 Å². The molecular weight excluding hydrogens is 453 g/mol. The third-order valence-corrected chi connectivity index (χ3v) is 7.01. The summed E-state index contributed by atoms with van der Waals surface area (Å²) in [5.74, 6) is -0.383. The van der Waals surface area contributed by atoms with E-state index in [9.17, 15) is 14.4 Å². The number of fused-ring (bicyclic) bond motifs is 1. The van der Waals surface area contributed by atoms with Crippen molar-refractivity contribution >= 4 is 23.2 Å². The van der Waals surface area contributed by atoms with E-state index in [1.54, 1.807) is 17.5 Å². The van der Waals surface area contributed by atoms with Crippen LogP contribution in [-0.2, 0) is 4.79 Å². The Bertz CT molecular complexity index is 1380. The number of carbonyl (C=O) groups excluding carboxylic acids is 1. The molecule has 4 heterocycles. The normalized spacial score (nSPS) is 18.0. The molecule has 0 radical (unpaired) electrons. The molecule has 4 aromatic rings. The Balaban J connectivity index is 1.43. The minimum atomic E-state index is -0.399. The van der Waals surface area contributed by atoms with E-state index in [1.807, 2.05) is 29.3 Å². The van der Waals surface area contributed by atoms with Crippen molar-refractivity contribution in [2.24, 2.45) is 0 Å². The molecule has 4 aromatic heterocycles. The average molecular weight is 476 g/mol. The van der Waals surface area contributed by atoms with E-state index in [0.29, 0.717) is 16.1 Å². The van der Waals surface area contributed by atoms with Crippen molar-refractivity contribution in [1.29, 1.82) is 5.26 Å². The van der Waals surface area contributed by atoms with Gasteiger partial charge < -0.3 is 5.32 Å². The molecule has 172 valence electrons. The van der Waals surface area contributed by atoms with Gasteiger partial charge in [-0.05, 0) is 43.9 Å². The lowest BCUT2D eigenvalue weighted by atomic mass is 9.91. The fourth-order valence-corrected chi connectivity index (χ4v) is 5.35. The van der Waals surface area contributed by atoms with E-state index in [2.05, 4.69) is 26.6 Å². The minimum Gasteiger partial charge on any atom is -0.354 e. The van der Waals surface area contributed by atoms with Crippen molar-refractivity contribution in [1.82, 2.24) is 29.7 Å². The van der Waals surface area contributed by atoms with Gasteiger partial charge in [-0.2, -0.15) is 15.5 Å². The highest BCUT2D eigenvalue weighted by Crippen LogP contribution is 2.35. The van der Waals surface area contributed by atoms with Gasteiger partial charge >= 0.3 is 0 Å². The molecule has 1 aliphatic carbocycles. The molecular formula is C24H22FN7OS. The lowest BCUT2D eigenvalue weighted by Crippen LogP contribution is -2.36. The fourth-order valence-electron chi connectivity index (χ4n) is 4.40. The molecule has 1 N–H and O–H groups in total. The molecule has 0 aliphatic heterocycles. The monoisotopic (exact) mass is 475 g/mol. The Morgan fingerprint density at radius 1 is 1.15 bits per heavy atom. The summed E-state index contributed by atoms with van der Waals surface area (Å²) in [5, 5.41) is 22.1. The SMILES string of the molecule is CC(=O)NC1CCC(n2cc(-c3cc(Sc4ccc(F)cn4)c4c(C#N)cnn4c3)cn2)CC1. The molecule has 1 aliphatic rings. The topological polar surface area (TPSA) is 101 Å². The molecule has 34 heavy (non-hydrogen) atoms. The summed E-state index contributed by atoms with van der Waals surface area (Å²) in [6.45, 7) is 1.56. The van der Waals surface area contributed by atoms with Crippen molar-refractivity contribution in [3.05, 3.63) is 60.6 Å². The quantitative estimate of drug-likeness (QED) is 0.460. The van der Waals surface area contributed by atoms with Crippen molar-refractivity contribution in [3.8, 4) is 17.2 Å². The van der Waals surface area contributed by atoms with E-state index in [-0.39, 0.29) is 18.0 Å². The Kier molecular flexibility index (Phi) is 6.02. The van der Waals surface area contributed by atoms with E-state index in [4.69, 9.17) is 0 Å². The first-order valence-corrected chi connectivity index (χ1v) is 11.8. The lowest BCUT2D eigenvalue weighted by molar-refractivity contribution is -0.119. The van der Waals surface area contributed by atoms with Gasteiger partial charge in [0.2, 0.25) is 5.91 Å². The molecule has 1 saturated carbocycles. The third kappa shape index (κ3) is 4.52. The van der Waals surface area contributed by atoms with Gasteiger partial charge in [0, 0.05) is 41.4 Å². The number of nitrogens with one attached hydrogen (secondary N) is 1. The smallest absolute Gasteiger partial charge is 0.217 e. The predicted molar refractivity (Wildman–Crippen MR) is 125 cm³/mol. The van der Waals surface area contributed by atoms with Crippen LogP contribution < -0.4 is 5.32 Å². The summed E-state index contributed by atoms with van der Waals surface area (Å²) < 4.78 is 17.0. The van der Waals surface area contributed by atoms with E-state index >= 15 is 0 Å². The van der Waals surface area contributed by atoms with Crippen LogP contribution in [0.4, 0.5) is 4.39 Å². The molecule has 0 aromatic carbocycles. The fraction of sp³-hybridized carbons (Fsp3) is 0.292. The predicted octanol–water partition coefficient (Wildman–Crippen LogP) is 4.37. The van der Waals surface area contributed by atoms with Crippen molar-refractivity contribution < 1.29 is 9.18 Å². The van der Waals surface area contributed by atoms with E-state index < -0.39 is 5.82 Å². The highest BCUT2D eigenvalue weighted by Gasteiger charge is 2.24. The summed E-state index contributed by atoms with van der Waals surface area (Å²) in [5.41, 5.74) is 2.99. The third-order valence-electron chi connectivity index (χ3n) is 6.03. The zero-order valence-corrected chi connectivity index (χ0v) is 19.3. The Labute approximate surface area is 199 Å². The molecule has 0 bridgehead atoms. The number of aromatic nitrogens is 5. The standard InChI is InChI=1S/C24H22FN7OS/c1-15(33)30-20-3-5-21(6-4-20)31-14-18(11-28-31)16-8-22(34-23-7-2-19(25)12-27-23)24-17(9-26)10-29-32(24)13-16/h2,7-8,10-14,20-21H,3-6H2,1H3,(H,30,33). The number of pyridine rings is 2. The van der Waals surface area contributed by atoms with Gasteiger partial charge in [-0.1, -0.05) is 11.8 Å². The first-order valence-electron chi connectivity index (χ1n) is 11.0. The second-order valence-corrected chi connectivity index (χ2v) is 9.45. The number of nitrogens with zero attached hydrogens (tertiary/aromatic N) is 6. The number of carbonyl (C=O) groups is 1. The van der Waals surface area contributed by atoms with Crippen LogP contribution in [0.2, 0.25) is 0 Å². The number of halogens is 1. The Morgan fingerprint density at radius 3 is 2.68 bits per heavy atom. The summed E-state index contributed by atoms with van der Waals surface area (Å²) in [6.07, 6.45) is 12.2. The Morgan fingerprint density at radius 2 is 1.97 bits per heavy atom. The summed E-state index contributed by atoms with van der Waals surface area (Å²) in [6, 6.07) is 7.67. The van der Waals surface area contributed by atoms with E-state index in [1.165, 1.54) is 30.2 Å². The van der Waals surface area contributed by atoms with Crippen LogP contribution in [0.25, 0.3) is 16.6 Å². The lowest BCUT2D eigenvalue weighted by Gasteiger charge is -2.28. The van der Waals surface area contributed by atoms with Crippen LogP contribution in [0.15, 0.2) is 59.1 Å². The maximum absolute atomic E-state index is 13.3. The van der Waals surface area contributed by atoms with Gasteiger partial charge in [0.25, 0.3) is 0 Å². The van der Waals surface area contributed by atoms with Crippen LogP contribution in [0, 0.1) is 17.1 Å². The zero-order chi connectivity index (χ0) is 23.7. The maximum atomic E-state index is 13.3. The van der Waals surface area contributed by atoms with Crippen molar-refractivity contribution in [3.63, 3.8) is 0 Å². The van der Waals surface area contributed by atoms with Crippen LogP contribution in [0.5, 0.6) is 0 Å². The molecule has 1 amide bonds. The van der Waals surface area contributed by atoms with Gasteiger partial charge in [0.15, 0.2) is 0 Å². The van der Waals surface area contributed by atoms with Gasteiger partial charge in [-0.3, -0.25) is 9.48 Å².